The van der Waals surface area contributed by atoms with E-state index in [4.69, 9.17) is 11.6 Å². The van der Waals surface area contributed by atoms with Crippen LogP contribution < -0.4 is 5.32 Å². The Hall–Kier alpha value is -1.68. The summed E-state index contributed by atoms with van der Waals surface area (Å²) < 4.78 is 13.7. The highest BCUT2D eigenvalue weighted by Gasteiger charge is 2.08. The van der Waals surface area contributed by atoms with Crippen molar-refractivity contribution in [2.45, 2.75) is 20.3 Å². The number of aryl methyl sites for hydroxylation is 2. The smallest absolute Gasteiger partial charge is 0.146 e. The molecule has 0 atom stereocenters. The third-order valence-corrected chi connectivity index (χ3v) is 2.73. The Balaban J connectivity index is 2.37. The Bertz CT molecular complexity index is 552. The summed E-state index contributed by atoms with van der Waals surface area (Å²) in [6, 6.07) is 6.47. The van der Waals surface area contributed by atoms with Crippen LogP contribution in [0.15, 0.2) is 24.3 Å². The van der Waals surface area contributed by atoms with Crippen LogP contribution in [0.3, 0.4) is 0 Å². The molecule has 0 bridgehead atoms. The average molecular weight is 266 g/mol. The van der Waals surface area contributed by atoms with E-state index in [1.807, 2.05) is 19.9 Å². The predicted octanol–water partition coefficient (Wildman–Crippen LogP) is 3.88. The molecule has 1 aromatic heterocycles. The molecule has 18 heavy (non-hydrogen) atoms. The predicted molar refractivity (Wildman–Crippen MR) is 70.8 cm³/mol. The zero-order chi connectivity index (χ0) is 13.1. The number of hydrogen-bond donors (Lipinski definition) is 1. The lowest BCUT2D eigenvalue weighted by molar-refractivity contribution is 0.630. The molecule has 0 aliphatic carbocycles. The molecule has 0 spiro atoms. The van der Waals surface area contributed by atoms with Crippen LogP contribution in [0.1, 0.15) is 18.3 Å². The molecule has 0 saturated carbocycles. The minimum absolute atomic E-state index is 0.317. The Morgan fingerprint density at radius 3 is 2.78 bits per heavy atom. The van der Waals surface area contributed by atoms with Gasteiger partial charge in [0.15, 0.2) is 0 Å². The number of hydrogen-bond acceptors (Lipinski definition) is 3. The number of aromatic nitrogens is 2. The maximum absolute atomic E-state index is 13.7. The van der Waals surface area contributed by atoms with E-state index >= 15 is 0 Å². The van der Waals surface area contributed by atoms with Crippen molar-refractivity contribution in [3.05, 3.63) is 46.6 Å². The van der Waals surface area contributed by atoms with Gasteiger partial charge in [-0.2, -0.15) is 0 Å². The summed E-state index contributed by atoms with van der Waals surface area (Å²) >= 11 is 5.89. The summed E-state index contributed by atoms with van der Waals surface area (Å²) in [6.45, 7) is 3.76. The zero-order valence-corrected chi connectivity index (χ0v) is 10.9. The molecule has 0 fully saturated rings. The van der Waals surface area contributed by atoms with Gasteiger partial charge in [0.05, 0.1) is 5.69 Å². The van der Waals surface area contributed by atoms with E-state index in [9.17, 15) is 4.39 Å². The maximum Gasteiger partial charge on any atom is 0.146 e. The average Bonchev–Trinajstić information content (AvgIpc) is 2.33. The van der Waals surface area contributed by atoms with Crippen molar-refractivity contribution in [2.24, 2.45) is 0 Å². The van der Waals surface area contributed by atoms with E-state index in [0.29, 0.717) is 28.9 Å². The molecule has 0 aliphatic rings. The number of rotatable bonds is 3. The summed E-state index contributed by atoms with van der Waals surface area (Å²) in [6.07, 6.45) is 0.672. The second-order valence-corrected chi connectivity index (χ2v) is 4.29. The minimum atomic E-state index is -0.317. The summed E-state index contributed by atoms with van der Waals surface area (Å²) in [4.78, 5) is 8.32. The lowest BCUT2D eigenvalue weighted by atomic mass is 10.2. The fourth-order valence-electron chi connectivity index (χ4n) is 1.61. The van der Waals surface area contributed by atoms with Crippen LogP contribution in [0.5, 0.6) is 0 Å². The maximum atomic E-state index is 13.7. The molecule has 0 radical (unpaired) electrons. The Kier molecular flexibility index (Phi) is 3.77. The lowest BCUT2D eigenvalue weighted by Gasteiger charge is -2.10. The van der Waals surface area contributed by atoms with Crippen molar-refractivity contribution in [2.75, 3.05) is 5.32 Å². The van der Waals surface area contributed by atoms with Gasteiger partial charge in [0.1, 0.15) is 22.6 Å². The highest BCUT2D eigenvalue weighted by molar-refractivity contribution is 6.29. The van der Waals surface area contributed by atoms with Gasteiger partial charge in [-0.1, -0.05) is 30.7 Å². The standard InChI is InChI=1S/C13H13ClFN3/c1-3-11-16-10(14)7-12(17-11)18-13-8(2)5-4-6-9(13)15/h4-7H,3H2,1-2H3,(H,16,17,18). The molecule has 1 heterocycles. The van der Waals surface area contributed by atoms with Crippen molar-refractivity contribution in [3.63, 3.8) is 0 Å². The molecule has 3 nitrogen and oxygen atoms in total. The quantitative estimate of drug-likeness (QED) is 0.856. The van der Waals surface area contributed by atoms with E-state index in [-0.39, 0.29) is 5.82 Å². The van der Waals surface area contributed by atoms with Crippen LogP contribution in [-0.4, -0.2) is 9.97 Å². The van der Waals surface area contributed by atoms with Crippen molar-refractivity contribution >= 4 is 23.1 Å². The van der Waals surface area contributed by atoms with Crippen LogP contribution in [0.4, 0.5) is 15.9 Å². The van der Waals surface area contributed by atoms with Crippen molar-refractivity contribution < 1.29 is 4.39 Å². The monoisotopic (exact) mass is 265 g/mol. The van der Waals surface area contributed by atoms with Gasteiger partial charge in [0.25, 0.3) is 0 Å². The van der Waals surface area contributed by atoms with Gasteiger partial charge < -0.3 is 5.32 Å². The third kappa shape index (κ3) is 2.76. The fourth-order valence-corrected chi connectivity index (χ4v) is 1.81. The molecule has 0 saturated heterocycles. The van der Waals surface area contributed by atoms with Gasteiger partial charge in [-0.05, 0) is 18.6 Å². The molecule has 1 aromatic carbocycles. The van der Waals surface area contributed by atoms with Crippen LogP contribution in [-0.2, 0) is 6.42 Å². The van der Waals surface area contributed by atoms with Crippen LogP contribution in [0, 0.1) is 12.7 Å². The van der Waals surface area contributed by atoms with Gasteiger partial charge in [0, 0.05) is 12.5 Å². The topological polar surface area (TPSA) is 37.8 Å². The number of benzene rings is 1. The van der Waals surface area contributed by atoms with Crippen LogP contribution in [0.2, 0.25) is 5.15 Å². The summed E-state index contributed by atoms with van der Waals surface area (Å²) in [5.74, 6) is 0.807. The lowest BCUT2D eigenvalue weighted by Crippen LogP contribution is -2.02. The Morgan fingerprint density at radius 1 is 1.33 bits per heavy atom. The molecule has 2 rings (SSSR count). The van der Waals surface area contributed by atoms with Crippen molar-refractivity contribution in [1.82, 2.24) is 9.97 Å². The first-order valence-corrected chi connectivity index (χ1v) is 6.03. The van der Waals surface area contributed by atoms with Crippen molar-refractivity contribution in [1.29, 1.82) is 0 Å². The summed E-state index contributed by atoms with van der Waals surface area (Å²) in [5.41, 5.74) is 1.22. The first kappa shape index (κ1) is 12.8. The third-order valence-electron chi connectivity index (χ3n) is 2.53. The van der Waals surface area contributed by atoms with Crippen LogP contribution in [0.25, 0.3) is 0 Å². The van der Waals surface area contributed by atoms with E-state index < -0.39 is 0 Å². The van der Waals surface area contributed by atoms with E-state index in [1.165, 1.54) is 6.07 Å². The number of nitrogens with one attached hydrogen (secondary N) is 1. The first-order valence-electron chi connectivity index (χ1n) is 5.65. The number of anilines is 2. The molecule has 1 N–H and O–H groups in total. The molecular weight excluding hydrogens is 253 g/mol. The molecule has 5 heteroatoms. The Morgan fingerprint density at radius 2 is 2.11 bits per heavy atom. The highest BCUT2D eigenvalue weighted by Crippen LogP contribution is 2.23. The van der Waals surface area contributed by atoms with Gasteiger partial charge in [-0.15, -0.1) is 0 Å². The second-order valence-electron chi connectivity index (χ2n) is 3.90. The number of halogens is 2. The summed E-state index contributed by atoms with van der Waals surface area (Å²) in [5, 5.41) is 3.29. The van der Waals surface area contributed by atoms with E-state index in [1.54, 1.807) is 12.1 Å². The van der Waals surface area contributed by atoms with Crippen molar-refractivity contribution in [3.8, 4) is 0 Å². The largest absolute Gasteiger partial charge is 0.337 e. The van der Waals surface area contributed by atoms with Gasteiger partial charge in [0.2, 0.25) is 0 Å². The fraction of sp³-hybridized carbons (Fsp3) is 0.231. The van der Waals surface area contributed by atoms with Gasteiger partial charge >= 0.3 is 0 Å². The van der Waals surface area contributed by atoms with Gasteiger partial charge in [-0.3, -0.25) is 0 Å². The second kappa shape index (κ2) is 5.31. The number of nitrogens with zero attached hydrogens (tertiary/aromatic N) is 2. The highest BCUT2D eigenvalue weighted by atomic mass is 35.5. The van der Waals surface area contributed by atoms with E-state index in [0.717, 1.165) is 5.56 Å². The summed E-state index contributed by atoms with van der Waals surface area (Å²) in [7, 11) is 0. The molecule has 2 aromatic rings. The number of para-hydroxylation sites is 1. The minimum Gasteiger partial charge on any atom is -0.337 e. The Labute approximate surface area is 110 Å². The molecule has 0 unspecified atom stereocenters. The SMILES string of the molecule is CCc1nc(Cl)cc(Nc2c(C)cccc2F)n1. The molecule has 0 amide bonds. The normalized spacial score (nSPS) is 10.4. The van der Waals surface area contributed by atoms with E-state index in [2.05, 4.69) is 15.3 Å². The van der Waals surface area contributed by atoms with Gasteiger partial charge in [-0.25, -0.2) is 14.4 Å². The zero-order valence-electron chi connectivity index (χ0n) is 10.2. The first-order chi connectivity index (χ1) is 8.60. The molecule has 94 valence electrons. The van der Waals surface area contributed by atoms with Crippen LogP contribution >= 0.6 is 11.6 Å². The molecule has 0 aliphatic heterocycles. The molecular formula is C13H13ClFN3.